The summed E-state index contributed by atoms with van der Waals surface area (Å²) in [4.78, 5) is 14.6. The molecule has 0 aromatic rings. The minimum Gasteiger partial charge on any atom is -0.392 e. The highest BCUT2D eigenvalue weighted by Crippen LogP contribution is 2.32. The molecule has 116 valence electrons. The fourth-order valence-corrected chi connectivity index (χ4v) is 3.87. The van der Waals surface area contributed by atoms with Gasteiger partial charge in [0, 0.05) is 24.4 Å². The van der Waals surface area contributed by atoms with E-state index in [1.54, 1.807) is 0 Å². The smallest absolute Gasteiger partial charge is 0.225 e. The topological polar surface area (TPSA) is 40.5 Å². The van der Waals surface area contributed by atoms with E-state index in [0.29, 0.717) is 12.5 Å². The summed E-state index contributed by atoms with van der Waals surface area (Å²) in [5.41, 5.74) is -0.168. The summed E-state index contributed by atoms with van der Waals surface area (Å²) in [7, 11) is 0. The average Bonchev–Trinajstić information content (AvgIpc) is 2.42. The highest BCUT2D eigenvalue weighted by molar-refractivity contribution is 5.78. The van der Waals surface area contributed by atoms with Crippen molar-refractivity contribution in [1.82, 2.24) is 4.90 Å². The van der Waals surface area contributed by atoms with Gasteiger partial charge in [0.25, 0.3) is 0 Å². The van der Waals surface area contributed by atoms with E-state index < -0.39 is 0 Å². The maximum atomic E-state index is 12.6. The van der Waals surface area contributed by atoms with E-state index in [2.05, 4.69) is 20.8 Å². The number of carbonyl (C=O) groups excluding carboxylic acids is 1. The predicted octanol–water partition coefficient (Wildman–Crippen LogP) is 3.21. The molecule has 1 amide bonds. The van der Waals surface area contributed by atoms with Gasteiger partial charge in [-0.1, -0.05) is 52.9 Å². The van der Waals surface area contributed by atoms with Crippen molar-refractivity contribution < 1.29 is 9.90 Å². The maximum absolute atomic E-state index is 12.6. The first-order valence-corrected chi connectivity index (χ1v) is 8.37. The van der Waals surface area contributed by atoms with E-state index in [1.807, 2.05) is 4.90 Å². The van der Waals surface area contributed by atoms with Crippen LogP contribution < -0.4 is 0 Å². The number of piperidine rings is 1. The number of aliphatic hydroxyl groups excluding tert-OH is 1. The normalized spacial score (nSPS) is 29.2. The van der Waals surface area contributed by atoms with E-state index in [4.69, 9.17) is 0 Å². The van der Waals surface area contributed by atoms with Gasteiger partial charge >= 0.3 is 0 Å². The third-order valence-corrected chi connectivity index (χ3v) is 5.32. The largest absolute Gasteiger partial charge is 0.392 e. The first-order valence-electron chi connectivity index (χ1n) is 8.37. The van der Waals surface area contributed by atoms with Crippen molar-refractivity contribution in [2.45, 2.75) is 71.8 Å². The molecule has 0 radical (unpaired) electrons. The van der Waals surface area contributed by atoms with Crippen LogP contribution in [0.3, 0.4) is 0 Å². The fraction of sp³-hybridized carbons (Fsp3) is 0.941. The quantitative estimate of drug-likeness (QED) is 0.863. The Morgan fingerprint density at radius 3 is 2.50 bits per heavy atom. The number of hydrogen-bond donors (Lipinski definition) is 1. The lowest BCUT2D eigenvalue weighted by Gasteiger charge is -2.42. The molecule has 1 unspecified atom stereocenters. The third-order valence-electron chi connectivity index (χ3n) is 5.32. The predicted molar refractivity (Wildman–Crippen MR) is 81.3 cm³/mol. The van der Waals surface area contributed by atoms with Gasteiger partial charge in [-0.05, 0) is 18.8 Å². The van der Waals surface area contributed by atoms with Crippen molar-refractivity contribution in [3.8, 4) is 0 Å². The van der Waals surface area contributed by atoms with Gasteiger partial charge in [0.1, 0.15) is 0 Å². The SMILES string of the molecule is C[C@H](CC1CCCCC1)C(=O)N1CCC(O)C(C)(C)C1. The summed E-state index contributed by atoms with van der Waals surface area (Å²) in [6, 6.07) is 0. The van der Waals surface area contributed by atoms with Crippen LogP contribution in [0.2, 0.25) is 0 Å². The maximum Gasteiger partial charge on any atom is 0.225 e. The number of carbonyl (C=O) groups is 1. The lowest BCUT2D eigenvalue weighted by atomic mass is 9.80. The van der Waals surface area contributed by atoms with Gasteiger partial charge in [-0.3, -0.25) is 4.79 Å². The van der Waals surface area contributed by atoms with Crippen LogP contribution in [0.5, 0.6) is 0 Å². The van der Waals surface area contributed by atoms with E-state index in [0.717, 1.165) is 25.3 Å². The molecule has 0 bridgehead atoms. The highest BCUT2D eigenvalue weighted by Gasteiger charge is 2.37. The Morgan fingerprint density at radius 1 is 1.25 bits per heavy atom. The molecule has 20 heavy (non-hydrogen) atoms. The second kappa shape index (κ2) is 6.46. The van der Waals surface area contributed by atoms with Gasteiger partial charge in [0.05, 0.1) is 6.10 Å². The number of rotatable bonds is 3. The molecule has 1 aliphatic heterocycles. The molecule has 2 aliphatic rings. The molecule has 1 aliphatic carbocycles. The lowest BCUT2D eigenvalue weighted by Crippen LogP contribution is -2.52. The average molecular weight is 281 g/mol. The van der Waals surface area contributed by atoms with Gasteiger partial charge in [0.2, 0.25) is 5.91 Å². The van der Waals surface area contributed by atoms with Crippen LogP contribution in [-0.2, 0) is 4.79 Å². The molecule has 0 aromatic heterocycles. The minimum atomic E-state index is -0.278. The molecule has 2 atom stereocenters. The summed E-state index contributed by atoms with van der Waals surface area (Å²) < 4.78 is 0. The van der Waals surface area contributed by atoms with Gasteiger partial charge in [-0.25, -0.2) is 0 Å². The molecular formula is C17H31NO2. The summed E-state index contributed by atoms with van der Waals surface area (Å²) in [6.07, 6.45) is 8.16. The van der Waals surface area contributed by atoms with Crippen molar-refractivity contribution in [3.63, 3.8) is 0 Å². The summed E-state index contributed by atoms with van der Waals surface area (Å²) >= 11 is 0. The van der Waals surface area contributed by atoms with Gasteiger partial charge in [-0.15, -0.1) is 0 Å². The first kappa shape index (κ1) is 15.8. The van der Waals surface area contributed by atoms with Crippen LogP contribution in [0.15, 0.2) is 0 Å². The molecule has 3 heteroatoms. The van der Waals surface area contributed by atoms with E-state index in [1.165, 1.54) is 32.1 Å². The van der Waals surface area contributed by atoms with Crippen LogP contribution in [0.25, 0.3) is 0 Å². The van der Waals surface area contributed by atoms with Crippen LogP contribution in [-0.4, -0.2) is 35.1 Å². The monoisotopic (exact) mass is 281 g/mol. The zero-order valence-corrected chi connectivity index (χ0v) is 13.4. The number of aliphatic hydroxyl groups is 1. The molecule has 2 fully saturated rings. The van der Waals surface area contributed by atoms with Gasteiger partial charge < -0.3 is 10.0 Å². The molecule has 3 nitrogen and oxygen atoms in total. The highest BCUT2D eigenvalue weighted by atomic mass is 16.3. The van der Waals surface area contributed by atoms with E-state index >= 15 is 0 Å². The second-order valence-corrected chi connectivity index (χ2v) is 7.69. The molecule has 1 heterocycles. The molecule has 1 saturated heterocycles. The van der Waals surface area contributed by atoms with Gasteiger partial charge in [0.15, 0.2) is 0 Å². The van der Waals surface area contributed by atoms with Crippen molar-refractivity contribution in [2.75, 3.05) is 13.1 Å². The molecule has 2 rings (SSSR count). The number of likely N-dealkylation sites (tertiary alicyclic amines) is 1. The molecule has 0 aromatic carbocycles. The van der Waals surface area contributed by atoms with Crippen LogP contribution in [0, 0.1) is 17.3 Å². The fourth-order valence-electron chi connectivity index (χ4n) is 3.87. The number of hydrogen-bond acceptors (Lipinski definition) is 2. The van der Waals surface area contributed by atoms with E-state index in [-0.39, 0.29) is 17.4 Å². The Balaban J connectivity index is 1.86. The van der Waals surface area contributed by atoms with Crippen molar-refractivity contribution in [3.05, 3.63) is 0 Å². The molecule has 1 N–H and O–H groups in total. The Morgan fingerprint density at radius 2 is 1.90 bits per heavy atom. The Kier molecular flexibility index (Phi) is 5.11. The summed E-state index contributed by atoms with van der Waals surface area (Å²) in [5, 5.41) is 10.00. The zero-order chi connectivity index (χ0) is 14.8. The van der Waals surface area contributed by atoms with Crippen molar-refractivity contribution >= 4 is 5.91 Å². The zero-order valence-electron chi connectivity index (χ0n) is 13.4. The number of nitrogens with zero attached hydrogens (tertiary/aromatic N) is 1. The lowest BCUT2D eigenvalue weighted by molar-refractivity contribution is -0.142. The Bertz CT molecular complexity index is 334. The standard InChI is InChI=1S/C17H31NO2/c1-13(11-14-7-5-4-6-8-14)16(20)18-10-9-15(19)17(2,3)12-18/h13-15,19H,4-12H2,1-3H3/t13-,15?/m1/s1. The molecule has 0 spiro atoms. The first-order chi connectivity index (χ1) is 9.40. The number of amides is 1. The molecule has 1 saturated carbocycles. The van der Waals surface area contributed by atoms with E-state index in [9.17, 15) is 9.90 Å². The second-order valence-electron chi connectivity index (χ2n) is 7.69. The Hall–Kier alpha value is -0.570. The van der Waals surface area contributed by atoms with Crippen molar-refractivity contribution in [2.24, 2.45) is 17.3 Å². The van der Waals surface area contributed by atoms with Crippen LogP contribution >= 0.6 is 0 Å². The summed E-state index contributed by atoms with van der Waals surface area (Å²) in [5.74, 6) is 1.20. The molecular weight excluding hydrogens is 250 g/mol. The van der Waals surface area contributed by atoms with Crippen molar-refractivity contribution in [1.29, 1.82) is 0 Å². The third kappa shape index (κ3) is 3.75. The van der Waals surface area contributed by atoms with Crippen LogP contribution in [0.1, 0.15) is 65.7 Å². The summed E-state index contributed by atoms with van der Waals surface area (Å²) in [6.45, 7) is 7.63. The minimum absolute atomic E-state index is 0.143. The Labute approximate surface area is 123 Å². The van der Waals surface area contributed by atoms with Gasteiger partial charge in [-0.2, -0.15) is 0 Å². The van der Waals surface area contributed by atoms with Crippen LogP contribution in [0.4, 0.5) is 0 Å².